The van der Waals surface area contributed by atoms with Gasteiger partial charge in [0.05, 0.1) is 32.2 Å². The summed E-state index contributed by atoms with van der Waals surface area (Å²) in [6, 6.07) is 0.328. The molecule has 0 saturated heterocycles. The summed E-state index contributed by atoms with van der Waals surface area (Å²) in [6.07, 6.45) is -0.0645. The fourth-order valence-electron chi connectivity index (χ4n) is 4.19. The number of carboxylic acid groups (broad SMARTS) is 1. The molecule has 19 heteroatoms. The Kier molecular flexibility index (Phi) is 17.9. The van der Waals surface area contributed by atoms with E-state index in [2.05, 4.69) is 26.6 Å². The average Bonchev–Trinajstić information content (AvgIpc) is 3.06. The molecule has 0 aliphatic carbocycles. The summed E-state index contributed by atoms with van der Waals surface area (Å²) in [4.78, 5) is 98.8. The van der Waals surface area contributed by atoms with E-state index in [0.717, 1.165) is 0 Å². The van der Waals surface area contributed by atoms with E-state index in [1.165, 1.54) is 6.92 Å². The summed E-state index contributed by atoms with van der Waals surface area (Å²) in [6.45, 7) is 2.17. The van der Waals surface area contributed by atoms with Gasteiger partial charge in [-0.1, -0.05) is 50.6 Å². The molecule has 0 unspecified atom stereocenters. The molecule has 49 heavy (non-hydrogen) atoms. The van der Waals surface area contributed by atoms with Gasteiger partial charge in [-0.3, -0.25) is 33.6 Å². The van der Waals surface area contributed by atoms with Crippen molar-refractivity contribution in [2.24, 2.45) is 17.4 Å². The van der Waals surface area contributed by atoms with Crippen LogP contribution in [-0.4, -0.2) is 119 Å². The van der Waals surface area contributed by atoms with E-state index in [9.17, 15) is 43.5 Å². The van der Waals surface area contributed by atoms with Crippen LogP contribution in [0.3, 0.4) is 0 Å². The Hall–Kier alpha value is -5.14. The minimum absolute atomic E-state index is 0.0154. The Morgan fingerprint density at radius 3 is 1.84 bits per heavy atom. The van der Waals surface area contributed by atoms with Crippen LogP contribution in [0.15, 0.2) is 30.3 Å². The highest BCUT2D eigenvalue weighted by Gasteiger charge is 2.32. The first-order valence-electron chi connectivity index (χ1n) is 15.3. The number of carboxylic acids is 1. The Morgan fingerprint density at radius 1 is 0.735 bits per heavy atom. The van der Waals surface area contributed by atoms with Gasteiger partial charge in [0.15, 0.2) is 0 Å². The van der Waals surface area contributed by atoms with E-state index in [1.807, 2.05) is 5.32 Å². The molecule has 0 saturated carbocycles. The molecule has 272 valence electrons. The number of nitrogens with one attached hydrogen (secondary N) is 6. The van der Waals surface area contributed by atoms with Gasteiger partial charge in [-0.15, -0.1) is 0 Å². The van der Waals surface area contributed by atoms with Crippen LogP contribution in [0.4, 0.5) is 0 Å². The van der Waals surface area contributed by atoms with Crippen LogP contribution in [0.1, 0.15) is 39.2 Å². The predicted octanol–water partition coefficient (Wildman–Crippen LogP) is -4.89. The number of amides is 7. The van der Waals surface area contributed by atoms with E-state index in [-0.39, 0.29) is 6.42 Å². The second kappa shape index (κ2) is 21.0. The van der Waals surface area contributed by atoms with Crippen LogP contribution in [0, 0.1) is 5.92 Å². The van der Waals surface area contributed by atoms with Gasteiger partial charge in [-0.2, -0.15) is 0 Å². The average molecular weight is 695 g/mol. The number of primary amides is 1. The SMILES string of the molecule is CC[C@H](C)[C@H](NC(=O)[C@H](C)NC(=O)CNC(=O)[C@H](Cc1ccccc1)NC(=O)[C@@H](N)CC(N)=O)C(=O)N[C@@H](CO)C(=O)N[C@@H](CO)C(=O)O. The molecule has 1 rings (SSSR count). The van der Waals surface area contributed by atoms with Crippen molar-refractivity contribution in [1.82, 2.24) is 31.9 Å². The molecule has 0 bridgehead atoms. The highest BCUT2D eigenvalue weighted by Crippen LogP contribution is 2.09. The minimum atomic E-state index is -1.68. The number of aliphatic hydroxyl groups excluding tert-OH is 2. The van der Waals surface area contributed by atoms with Gasteiger partial charge in [0.1, 0.15) is 30.2 Å². The van der Waals surface area contributed by atoms with Gasteiger partial charge in [-0.25, -0.2) is 4.79 Å². The summed E-state index contributed by atoms with van der Waals surface area (Å²) < 4.78 is 0. The monoisotopic (exact) mass is 694 g/mol. The van der Waals surface area contributed by atoms with Crippen LogP contribution >= 0.6 is 0 Å². The molecule has 0 aromatic heterocycles. The molecule has 0 aliphatic heterocycles. The number of carbonyl (C=O) groups excluding carboxylic acids is 7. The van der Waals surface area contributed by atoms with Crippen LogP contribution < -0.4 is 43.4 Å². The van der Waals surface area contributed by atoms with Gasteiger partial charge < -0.3 is 58.7 Å². The van der Waals surface area contributed by atoms with Crippen molar-refractivity contribution in [3.8, 4) is 0 Å². The maximum Gasteiger partial charge on any atom is 0.328 e. The molecule has 0 heterocycles. The van der Waals surface area contributed by atoms with Crippen molar-refractivity contribution in [3.05, 3.63) is 35.9 Å². The summed E-state index contributed by atoms with van der Waals surface area (Å²) in [5, 5.41) is 41.7. The van der Waals surface area contributed by atoms with E-state index < -0.39 is 116 Å². The second-order valence-corrected chi connectivity index (χ2v) is 11.2. The number of rotatable bonds is 21. The Morgan fingerprint density at radius 2 is 1.31 bits per heavy atom. The van der Waals surface area contributed by atoms with Gasteiger partial charge in [0.25, 0.3) is 0 Å². The van der Waals surface area contributed by atoms with Crippen LogP contribution in [0.25, 0.3) is 0 Å². The van der Waals surface area contributed by atoms with Crippen molar-refractivity contribution < 1.29 is 53.7 Å². The zero-order chi connectivity index (χ0) is 37.3. The number of aliphatic hydroxyl groups is 2. The smallest absolute Gasteiger partial charge is 0.328 e. The van der Waals surface area contributed by atoms with E-state index in [1.54, 1.807) is 44.2 Å². The van der Waals surface area contributed by atoms with Gasteiger partial charge in [0.2, 0.25) is 41.4 Å². The third kappa shape index (κ3) is 14.7. The number of hydrogen-bond acceptors (Lipinski definition) is 11. The van der Waals surface area contributed by atoms with E-state index in [0.29, 0.717) is 12.0 Å². The number of benzene rings is 1. The molecular formula is C30H46N8O11. The first-order chi connectivity index (χ1) is 23.0. The lowest BCUT2D eigenvalue weighted by molar-refractivity contribution is -0.143. The Labute approximate surface area is 282 Å². The van der Waals surface area contributed by atoms with Crippen molar-refractivity contribution in [3.63, 3.8) is 0 Å². The third-order valence-corrected chi connectivity index (χ3v) is 7.27. The third-order valence-electron chi connectivity index (χ3n) is 7.27. The molecule has 0 aliphatic rings. The van der Waals surface area contributed by atoms with Gasteiger partial charge in [0, 0.05) is 6.42 Å². The van der Waals surface area contributed by atoms with Crippen LogP contribution in [0.2, 0.25) is 0 Å². The summed E-state index contributed by atoms with van der Waals surface area (Å²) in [7, 11) is 0. The van der Waals surface area contributed by atoms with Crippen molar-refractivity contribution >= 4 is 47.3 Å². The molecule has 19 nitrogen and oxygen atoms in total. The zero-order valence-electron chi connectivity index (χ0n) is 27.4. The van der Waals surface area contributed by atoms with Crippen LogP contribution in [0.5, 0.6) is 0 Å². The molecule has 7 atom stereocenters. The Balaban J connectivity index is 2.87. The molecular weight excluding hydrogens is 648 g/mol. The fourth-order valence-corrected chi connectivity index (χ4v) is 4.19. The Bertz CT molecular complexity index is 1330. The summed E-state index contributed by atoms with van der Waals surface area (Å²) >= 11 is 0. The fraction of sp³-hybridized carbons (Fsp3) is 0.533. The first kappa shape index (κ1) is 41.9. The minimum Gasteiger partial charge on any atom is -0.480 e. The molecule has 7 amide bonds. The first-order valence-corrected chi connectivity index (χ1v) is 15.3. The highest BCUT2D eigenvalue weighted by atomic mass is 16.4. The summed E-state index contributed by atoms with van der Waals surface area (Å²) in [5.74, 6) is -8.03. The quantitative estimate of drug-likeness (QED) is 0.0577. The zero-order valence-corrected chi connectivity index (χ0v) is 27.4. The van der Waals surface area contributed by atoms with Gasteiger partial charge in [-0.05, 0) is 18.4 Å². The van der Waals surface area contributed by atoms with Gasteiger partial charge >= 0.3 is 5.97 Å². The number of nitrogens with two attached hydrogens (primary N) is 2. The van der Waals surface area contributed by atoms with E-state index in [4.69, 9.17) is 21.7 Å². The summed E-state index contributed by atoms with van der Waals surface area (Å²) in [5.41, 5.74) is 11.5. The lowest BCUT2D eigenvalue weighted by Crippen LogP contribution is -2.60. The molecule has 0 spiro atoms. The number of aliphatic carboxylic acids is 1. The van der Waals surface area contributed by atoms with Crippen molar-refractivity contribution in [1.29, 1.82) is 0 Å². The van der Waals surface area contributed by atoms with Crippen molar-refractivity contribution in [2.75, 3.05) is 19.8 Å². The normalized spacial score (nSPS) is 15.1. The van der Waals surface area contributed by atoms with E-state index >= 15 is 0 Å². The molecule has 1 aromatic rings. The maximum atomic E-state index is 13.1. The molecule has 1 aromatic carbocycles. The number of hydrogen-bond donors (Lipinski definition) is 11. The lowest BCUT2D eigenvalue weighted by atomic mass is 9.97. The second-order valence-electron chi connectivity index (χ2n) is 11.2. The largest absolute Gasteiger partial charge is 0.480 e. The lowest BCUT2D eigenvalue weighted by Gasteiger charge is -2.27. The van der Waals surface area contributed by atoms with Crippen LogP contribution in [-0.2, 0) is 44.8 Å². The highest BCUT2D eigenvalue weighted by molar-refractivity contribution is 5.96. The standard InChI is InChI=1S/C30H46N8O11/c1-4-15(2)24(29(47)36-20(13-39)28(46)37-21(14-40)30(48)49)38-25(43)16(3)34-23(42)12-33-27(45)19(10-17-8-6-5-7-9-17)35-26(44)18(31)11-22(32)41/h5-9,15-16,18-21,24,39-40H,4,10-14,31H2,1-3H3,(H2,32,41)(H,33,45)(H,34,42)(H,35,44)(H,36,47)(H,37,46)(H,38,43)(H,48,49)/t15-,16-,18-,19-,20-,21-,24-/m0/s1. The predicted molar refractivity (Wildman–Crippen MR) is 172 cm³/mol. The molecule has 0 radical (unpaired) electrons. The topological polar surface area (TPSA) is 321 Å². The molecule has 0 fully saturated rings. The molecule has 13 N–H and O–H groups in total. The number of carbonyl (C=O) groups is 8. The maximum absolute atomic E-state index is 13.1. The van der Waals surface area contributed by atoms with Crippen molar-refractivity contribution in [2.45, 2.75) is 76.3 Å².